The van der Waals surface area contributed by atoms with Crippen molar-refractivity contribution in [3.63, 3.8) is 0 Å². The van der Waals surface area contributed by atoms with E-state index in [-0.39, 0.29) is 17.7 Å². The highest BCUT2D eigenvalue weighted by Crippen LogP contribution is 2.47. The number of halogens is 2. The molecule has 4 heteroatoms. The lowest BCUT2D eigenvalue weighted by molar-refractivity contribution is -0.139. The van der Waals surface area contributed by atoms with E-state index >= 15 is 0 Å². The highest BCUT2D eigenvalue weighted by molar-refractivity contribution is 9.10. The Kier molecular flexibility index (Phi) is 3.02. The van der Waals surface area contributed by atoms with Gasteiger partial charge in [0, 0.05) is 9.89 Å². The first-order chi connectivity index (χ1) is 7.52. The molecule has 1 saturated carbocycles. The molecule has 1 aliphatic rings. The minimum Gasteiger partial charge on any atom is -0.481 e. The van der Waals surface area contributed by atoms with E-state index in [1.807, 2.05) is 6.07 Å². The first-order valence-electron chi connectivity index (χ1n) is 5.20. The van der Waals surface area contributed by atoms with Gasteiger partial charge in [0.1, 0.15) is 5.82 Å². The Morgan fingerprint density at radius 3 is 2.56 bits per heavy atom. The summed E-state index contributed by atoms with van der Waals surface area (Å²) in [5.41, 5.74) is 0.448. The fourth-order valence-corrected chi connectivity index (χ4v) is 2.79. The maximum absolute atomic E-state index is 13.3. The standard InChI is InChI=1S/C12H12BrFO2/c13-9-4-8(5-10(14)6-9)12(2-1-3-12)7-11(15)16/h4-6H,1-3,7H2,(H,15,16). The van der Waals surface area contributed by atoms with Gasteiger partial charge in [0.25, 0.3) is 0 Å². The molecule has 0 aromatic heterocycles. The minimum atomic E-state index is -0.819. The summed E-state index contributed by atoms with van der Waals surface area (Å²) in [5, 5.41) is 8.91. The van der Waals surface area contributed by atoms with Crippen LogP contribution < -0.4 is 0 Å². The molecule has 1 aliphatic carbocycles. The summed E-state index contributed by atoms with van der Waals surface area (Å²) in [4.78, 5) is 10.8. The molecular formula is C12H12BrFO2. The molecule has 16 heavy (non-hydrogen) atoms. The molecule has 2 nitrogen and oxygen atoms in total. The number of carboxylic acids is 1. The molecule has 1 aromatic rings. The summed E-state index contributed by atoms with van der Waals surface area (Å²) in [6, 6.07) is 4.66. The first-order valence-corrected chi connectivity index (χ1v) is 5.99. The van der Waals surface area contributed by atoms with Crippen LogP contribution >= 0.6 is 15.9 Å². The first kappa shape index (κ1) is 11.6. The fourth-order valence-electron chi connectivity index (χ4n) is 2.32. The molecule has 0 bridgehead atoms. The van der Waals surface area contributed by atoms with Crippen molar-refractivity contribution in [2.45, 2.75) is 31.1 Å². The Hall–Kier alpha value is -0.900. The Morgan fingerprint density at radius 1 is 1.44 bits per heavy atom. The summed E-state index contributed by atoms with van der Waals surface area (Å²) >= 11 is 3.24. The second-order valence-electron chi connectivity index (χ2n) is 4.36. The van der Waals surface area contributed by atoms with E-state index < -0.39 is 5.97 Å². The second-order valence-corrected chi connectivity index (χ2v) is 5.28. The minimum absolute atomic E-state index is 0.0862. The van der Waals surface area contributed by atoms with Crippen molar-refractivity contribution in [2.75, 3.05) is 0 Å². The number of benzene rings is 1. The highest BCUT2D eigenvalue weighted by Gasteiger charge is 2.40. The average molecular weight is 287 g/mol. The van der Waals surface area contributed by atoms with Crippen LogP contribution in [0.15, 0.2) is 22.7 Å². The Labute approximate surface area is 102 Å². The molecule has 0 spiro atoms. The van der Waals surface area contributed by atoms with Crippen LogP contribution in [0.3, 0.4) is 0 Å². The van der Waals surface area contributed by atoms with Crippen molar-refractivity contribution in [3.8, 4) is 0 Å². The number of hydrogen-bond acceptors (Lipinski definition) is 1. The summed E-state index contributed by atoms with van der Waals surface area (Å²) in [6.07, 6.45) is 2.76. The third-order valence-corrected chi connectivity index (χ3v) is 3.73. The fraction of sp³-hybridized carbons (Fsp3) is 0.417. The zero-order valence-electron chi connectivity index (χ0n) is 8.67. The van der Waals surface area contributed by atoms with Crippen LogP contribution in [0.5, 0.6) is 0 Å². The van der Waals surface area contributed by atoms with E-state index in [2.05, 4.69) is 15.9 Å². The molecule has 0 radical (unpaired) electrons. The van der Waals surface area contributed by atoms with Crippen molar-refractivity contribution < 1.29 is 14.3 Å². The van der Waals surface area contributed by atoms with Gasteiger partial charge in [-0.15, -0.1) is 0 Å². The van der Waals surface area contributed by atoms with Gasteiger partial charge >= 0.3 is 5.97 Å². The smallest absolute Gasteiger partial charge is 0.304 e. The Bertz CT molecular complexity index is 407. The Balaban J connectivity index is 2.36. The third-order valence-electron chi connectivity index (χ3n) is 3.28. The van der Waals surface area contributed by atoms with Crippen LogP contribution in [-0.4, -0.2) is 11.1 Å². The van der Waals surface area contributed by atoms with Gasteiger partial charge < -0.3 is 5.11 Å². The quantitative estimate of drug-likeness (QED) is 0.924. The molecule has 0 aliphatic heterocycles. The van der Waals surface area contributed by atoms with Crippen LogP contribution in [0, 0.1) is 5.82 Å². The molecule has 0 unspecified atom stereocenters. The molecule has 1 N–H and O–H groups in total. The molecular weight excluding hydrogens is 275 g/mol. The maximum Gasteiger partial charge on any atom is 0.304 e. The number of carboxylic acid groups (broad SMARTS) is 1. The number of rotatable bonds is 3. The van der Waals surface area contributed by atoms with E-state index in [0.717, 1.165) is 24.8 Å². The van der Waals surface area contributed by atoms with Gasteiger partial charge in [0.05, 0.1) is 6.42 Å². The van der Waals surface area contributed by atoms with E-state index in [4.69, 9.17) is 5.11 Å². The van der Waals surface area contributed by atoms with Crippen molar-refractivity contribution in [2.24, 2.45) is 0 Å². The zero-order chi connectivity index (χ0) is 11.8. The van der Waals surface area contributed by atoms with Crippen molar-refractivity contribution in [3.05, 3.63) is 34.1 Å². The van der Waals surface area contributed by atoms with E-state index in [1.54, 1.807) is 0 Å². The predicted molar refractivity (Wildman–Crippen MR) is 61.9 cm³/mol. The largest absolute Gasteiger partial charge is 0.481 e. The maximum atomic E-state index is 13.3. The van der Waals surface area contributed by atoms with Gasteiger partial charge in [-0.2, -0.15) is 0 Å². The zero-order valence-corrected chi connectivity index (χ0v) is 10.3. The highest BCUT2D eigenvalue weighted by atomic mass is 79.9. The van der Waals surface area contributed by atoms with Crippen molar-refractivity contribution in [1.29, 1.82) is 0 Å². The predicted octanol–water partition coefficient (Wildman–Crippen LogP) is 3.48. The van der Waals surface area contributed by atoms with Gasteiger partial charge in [-0.25, -0.2) is 4.39 Å². The monoisotopic (exact) mass is 286 g/mol. The van der Waals surface area contributed by atoms with Gasteiger partial charge in [-0.3, -0.25) is 4.79 Å². The lowest BCUT2D eigenvalue weighted by atomic mass is 9.62. The van der Waals surface area contributed by atoms with Crippen LogP contribution in [0.1, 0.15) is 31.2 Å². The Morgan fingerprint density at radius 2 is 2.12 bits per heavy atom. The summed E-state index contributed by atoms with van der Waals surface area (Å²) < 4.78 is 13.9. The summed E-state index contributed by atoms with van der Waals surface area (Å²) in [5.74, 6) is -1.14. The van der Waals surface area contributed by atoms with Gasteiger partial charge in [0.2, 0.25) is 0 Å². The second kappa shape index (κ2) is 4.17. The lowest BCUT2D eigenvalue weighted by Gasteiger charge is -2.41. The van der Waals surface area contributed by atoms with Gasteiger partial charge in [0.15, 0.2) is 0 Å². The normalized spacial score (nSPS) is 17.9. The van der Waals surface area contributed by atoms with Gasteiger partial charge in [-0.1, -0.05) is 22.4 Å². The topological polar surface area (TPSA) is 37.3 Å². The average Bonchev–Trinajstić information content (AvgIpc) is 2.09. The van der Waals surface area contributed by atoms with Crippen LogP contribution in [-0.2, 0) is 10.2 Å². The molecule has 1 fully saturated rings. The number of carbonyl (C=O) groups is 1. The molecule has 86 valence electrons. The molecule has 0 heterocycles. The molecule has 1 aromatic carbocycles. The van der Waals surface area contributed by atoms with Crippen LogP contribution in [0.4, 0.5) is 4.39 Å². The molecule has 0 atom stereocenters. The number of aliphatic carboxylic acids is 1. The lowest BCUT2D eigenvalue weighted by Crippen LogP contribution is -2.36. The molecule has 0 saturated heterocycles. The van der Waals surface area contributed by atoms with E-state index in [1.165, 1.54) is 12.1 Å². The van der Waals surface area contributed by atoms with Gasteiger partial charge in [-0.05, 0) is 36.6 Å². The number of hydrogen-bond donors (Lipinski definition) is 1. The third kappa shape index (κ3) is 2.12. The SMILES string of the molecule is O=C(O)CC1(c2cc(F)cc(Br)c2)CCC1. The van der Waals surface area contributed by atoms with E-state index in [9.17, 15) is 9.18 Å². The summed E-state index contributed by atoms with van der Waals surface area (Å²) in [6.45, 7) is 0. The van der Waals surface area contributed by atoms with Crippen molar-refractivity contribution in [1.82, 2.24) is 0 Å². The van der Waals surface area contributed by atoms with E-state index in [0.29, 0.717) is 4.47 Å². The van der Waals surface area contributed by atoms with Crippen LogP contribution in [0.25, 0.3) is 0 Å². The van der Waals surface area contributed by atoms with Crippen molar-refractivity contribution >= 4 is 21.9 Å². The molecule has 0 amide bonds. The summed E-state index contributed by atoms with van der Waals surface area (Å²) in [7, 11) is 0. The van der Waals surface area contributed by atoms with Crippen LogP contribution in [0.2, 0.25) is 0 Å². The molecule has 2 rings (SSSR count).